The highest BCUT2D eigenvalue weighted by atomic mass is 19.4. The second-order valence-corrected chi connectivity index (χ2v) is 7.42. The van der Waals surface area contributed by atoms with Gasteiger partial charge in [-0.05, 0) is 30.9 Å². The maximum absolute atomic E-state index is 13.5. The molecule has 5 nitrogen and oxygen atoms in total. The molecule has 0 N–H and O–H groups in total. The molecule has 2 heterocycles. The van der Waals surface area contributed by atoms with Crippen LogP contribution in [-0.4, -0.2) is 32.1 Å². The number of aryl methyl sites for hydroxylation is 1. The van der Waals surface area contributed by atoms with Gasteiger partial charge in [0.05, 0.1) is 12.0 Å². The number of carbonyl (C=O) groups excluding carboxylic acids is 1. The molecule has 1 aromatic heterocycles. The van der Waals surface area contributed by atoms with Crippen molar-refractivity contribution in [2.24, 2.45) is 0 Å². The van der Waals surface area contributed by atoms with Gasteiger partial charge in [0.15, 0.2) is 5.82 Å². The third-order valence-electron chi connectivity index (χ3n) is 5.82. The number of benzene rings is 1. The smallest absolute Gasteiger partial charge is 0.333 e. The van der Waals surface area contributed by atoms with Crippen molar-refractivity contribution in [1.29, 1.82) is 0 Å². The molecule has 0 unspecified atom stereocenters. The third kappa shape index (κ3) is 2.91. The molecule has 2 aliphatic rings. The number of fused-ring (bicyclic) bond motifs is 1. The molecule has 0 bridgehead atoms. The zero-order valence-electron chi connectivity index (χ0n) is 15.1. The number of nitrogens with zero attached hydrogens (tertiary/aromatic N) is 4. The van der Waals surface area contributed by atoms with E-state index in [1.54, 1.807) is 4.90 Å². The van der Waals surface area contributed by atoms with E-state index in [-0.39, 0.29) is 31.4 Å². The first-order valence-electron chi connectivity index (χ1n) is 9.18. The van der Waals surface area contributed by atoms with Crippen molar-refractivity contribution >= 4 is 5.91 Å². The normalized spacial score (nSPS) is 19.2. The minimum absolute atomic E-state index is 0.00268. The lowest BCUT2D eigenvalue weighted by molar-refractivity contribution is -0.148. The number of rotatable bonds is 2. The van der Waals surface area contributed by atoms with Crippen LogP contribution in [0.5, 0.6) is 0 Å². The van der Waals surface area contributed by atoms with E-state index in [2.05, 4.69) is 10.2 Å². The average molecular weight is 378 g/mol. The topological polar surface area (TPSA) is 51.0 Å². The van der Waals surface area contributed by atoms with E-state index in [0.29, 0.717) is 0 Å². The van der Waals surface area contributed by atoms with Gasteiger partial charge in [-0.2, -0.15) is 13.2 Å². The number of hydrogen-bond donors (Lipinski definition) is 0. The Morgan fingerprint density at radius 2 is 1.81 bits per heavy atom. The van der Waals surface area contributed by atoms with Gasteiger partial charge >= 0.3 is 6.18 Å². The van der Waals surface area contributed by atoms with Gasteiger partial charge in [0.1, 0.15) is 0 Å². The Bertz CT molecular complexity index is 868. The summed E-state index contributed by atoms with van der Waals surface area (Å²) >= 11 is 0. The standard InChI is InChI=1S/C19H21F3N4O/c1-13-6-2-3-7-14(13)18(8-4-5-9-18)17(27)25-10-11-26-15(12-25)23-24-16(26)19(20,21)22/h2-3,6-7H,4-5,8-12H2,1H3. The molecule has 0 atom stereocenters. The highest BCUT2D eigenvalue weighted by Gasteiger charge is 2.47. The molecule has 4 rings (SSSR count). The monoisotopic (exact) mass is 378 g/mol. The lowest BCUT2D eigenvalue weighted by atomic mass is 9.75. The molecule has 0 radical (unpaired) electrons. The van der Waals surface area contributed by atoms with Crippen molar-refractivity contribution in [1.82, 2.24) is 19.7 Å². The molecule has 8 heteroatoms. The van der Waals surface area contributed by atoms with Crippen LogP contribution in [0, 0.1) is 6.92 Å². The molecule has 27 heavy (non-hydrogen) atoms. The van der Waals surface area contributed by atoms with Crippen LogP contribution < -0.4 is 0 Å². The summed E-state index contributed by atoms with van der Waals surface area (Å²) in [5.74, 6) is -0.795. The van der Waals surface area contributed by atoms with Crippen LogP contribution in [0.2, 0.25) is 0 Å². The van der Waals surface area contributed by atoms with E-state index < -0.39 is 17.4 Å². The van der Waals surface area contributed by atoms with E-state index >= 15 is 0 Å². The predicted octanol–water partition coefficient (Wildman–Crippen LogP) is 3.46. The highest BCUT2D eigenvalue weighted by molar-refractivity contribution is 5.89. The van der Waals surface area contributed by atoms with Crippen molar-refractivity contribution in [3.05, 3.63) is 47.0 Å². The van der Waals surface area contributed by atoms with E-state index in [1.165, 1.54) is 0 Å². The Hall–Kier alpha value is -2.38. The van der Waals surface area contributed by atoms with Crippen LogP contribution in [0.15, 0.2) is 24.3 Å². The van der Waals surface area contributed by atoms with Gasteiger partial charge in [0.25, 0.3) is 0 Å². The number of aromatic nitrogens is 3. The quantitative estimate of drug-likeness (QED) is 0.804. The van der Waals surface area contributed by atoms with E-state index in [0.717, 1.165) is 41.4 Å². The van der Waals surface area contributed by atoms with Crippen LogP contribution in [-0.2, 0) is 29.5 Å². The van der Waals surface area contributed by atoms with Crippen LogP contribution in [0.1, 0.15) is 48.5 Å². The molecule has 1 aliphatic carbocycles. The maximum Gasteiger partial charge on any atom is 0.451 e. The number of hydrogen-bond acceptors (Lipinski definition) is 3. The van der Waals surface area contributed by atoms with Crippen LogP contribution in [0.3, 0.4) is 0 Å². The summed E-state index contributed by atoms with van der Waals surface area (Å²) in [7, 11) is 0. The fourth-order valence-corrected chi connectivity index (χ4v) is 4.53. The van der Waals surface area contributed by atoms with Crippen molar-refractivity contribution in [3.8, 4) is 0 Å². The van der Waals surface area contributed by atoms with Gasteiger partial charge in [0.2, 0.25) is 11.7 Å². The summed E-state index contributed by atoms with van der Waals surface area (Å²) in [5.41, 5.74) is 1.53. The molecule has 2 aromatic rings. The molecule has 1 saturated carbocycles. The summed E-state index contributed by atoms with van der Waals surface area (Å²) in [6, 6.07) is 7.91. The van der Waals surface area contributed by atoms with Crippen LogP contribution in [0.25, 0.3) is 0 Å². The van der Waals surface area contributed by atoms with Crippen molar-refractivity contribution in [2.75, 3.05) is 6.54 Å². The van der Waals surface area contributed by atoms with E-state index in [9.17, 15) is 18.0 Å². The van der Waals surface area contributed by atoms with Crippen LogP contribution >= 0.6 is 0 Å². The Balaban J connectivity index is 1.65. The van der Waals surface area contributed by atoms with Gasteiger partial charge in [-0.25, -0.2) is 0 Å². The molecule has 0 saturated heterocycles. The number of halogens is 3. The fourth-order valence-electron chi connectivity index (χ4n) is 4.53. The van der Waals surface area contributed by atoms with Gasteiger partial charge < -0.3 is 9.47 Å². The first-order valence-corrected chi connectivity index (χ1v) is 9.18. The summed E-state index contributed by atoms with van der Waals surface area (Å²) in [4.78, 5) is 15.2. The predicted molar refractivity (Wildman–Crippen MR) is 91.8 cm³/mol. The Morgan fingerprint density at radius 1 is 1.11 bits per heavy atom. The SMILES string of the molecule is Cc1ccccc1C1(C(=O)N2CCn3c(nnc3C(F)(F)F)C2)CCCC1. The second-order valence-electron chi connectivity index (χ2n) is 7.42. The molecule has 1 fully saturated rings. The van der Waals surface area contributed by atoms with Gasteiger partial charge in [-0.1, -0.05) is 37.1 Å². The Kier molecular flexibility index (Phi) is 4.24. The number of alkyl halides is 3. The molecular formula is C19H21F3N4O. The third-order valence-corrected chi connectivity index (χ3v) is 5.82. The largest absolute Gasteiger partial charge is 0.451 e. The minimum Gasteiger partial charge on any atom is -0.333 e. The van der Waals surface area contributed by atoms with Crippen molar-refractivity contribution in [3.63, 3.8) is 0 Å². The lowest BCUT2D eigenvalue weighted by Gasteiger charge is -2.37. The molecule has 1 aromatic carbocycles. The van der Waals surface area contributed by atoms with E-state index in [4.69, 9.17) is 0 Å². The molecular weight excluding hydrogens is 357 g/mol. The van der Waals surface area contributed by atoms with E-state index in [1.807, 2.05) is 31.2 Å². The van der Waals surface area contributed by atoms with Crippen molar-refractivity contribution < 1.29 is 18.0 Å². The zero-order valence-corrected chi connectivity index (χ0v) is 15.1. The van der Waals surface area contributed by atoms with Gasteiger partial charge in [0, 0.05) is 13.1 Å². The van der Waals surface area contributed by atoms with Crippen LogP contribution in [0.4, 0.5) is 13.2 Å². The first kappa shape index (κ1) is 18.0. The zero-order chi connectivity index (χ0) is 19.2. The molecule has 0 spiro atoms. The van der Waals surface area contributed by atoms with Gasteiger partial charge in [-0.3, -0.25) is 4.79 Å². The molecule has 144 valence electrons. The Morgan fingerprint density at radius 3 is 2.48 bits per heavy atom. The first-order chi connectivity index (χ1) is 12.8. The fraction of sp³-hybridized carbons (Fsp3) is 0.526. The highest BCUT2D eigenvalue weighted by Crippen LogP contribution is 2.44. The molecule has 1 amide bonds. The number of carbonyl (C=O) groups is 1. The summed E-state index contributed by atoms with van der Waals surface area (Å²) in [5, 5.41) is 6.99. The average Bonchev–Trinajstić information content (AvgIpc) is 3.28. The minimum atomic E-state index is -4.54. The second kappa shape index (κ2) is 6.35. The summed E-state index contributed by atoms with van der Waals surface area (Å²) in [6.45, 7) is 2.37. The van der Waals surface area contributed by atoms with Crippen molar-refractivity contribution in [2.45, 2.75) is 57.3 Å². The summed E-state index contributed by atoms with van der Waals surface area (Å²) in [6.07, 6.45) is -1.04. The summed E-state index contributed by atoms with van der Waals surface area (Å²) < 4.78 is 40.2. The molecule has 1 aliphatic heterocycles. The maximum atomic E-state index is 13.5. The number of amides is 1. The Labute approximate surface area is 155 Å². The van der Waals surface area contributed by atoms with Gasteiger partial charge in [-0.15, -0.1) is 10.2 Å². The lowest BCUT2D eigenvalue weighted by Crippen LogP contribution is -2.48.